The second-order valence-electron chi connectivity index (χ2n) is 6.95. The number of allylic oxidation sites excluding steroid dienone is 1. The number of nitrogens with zero attached hydrogens (tertiary/aromatic N) is 1. The fraction of sp³-hybridized carbons (Fsp3) is 0.450. The molecule has 2 atom stereocenters. The van der Waals surface area contributed by atoms with Crippen molar-refractivity contribution in [3.63, 3.8) is 0 Å². The minimum Gasteiger partial charge on any atom is -0.340 e. The summed E-state index contributed by atoms with van der Waals surface area (Å²) < 4.78 is 0. The number of carbonyl (C=O) groups excluding carboxylic acids is 3. The van der Waals surface area contributed by atoms with Crippen molar-refractivity contribution < 1.29 is 19.6 Å². The van der Waals surface area contributed by atoms with Crippen LogP contribution in [0.4, 0.5) is 4.79 Å². The molecule has 1 rings (SSSR count). The summed E-state index contributed by atoms with van der Waals surface area (Å²) in [7, 11) is 1.47. The summed E-state index contributed by atoms with van der Waals surface area (Å²) in [6, 6.07) is 8.74. The van der Waals surface area contributed by atoms with E-state index in [1.807, 2.05) is 44.2 Å². The second-order valence-corrected chi connectivity index (χ2v) is 6.95. The Kier molecular flexibility index (Phi) is 9.73. The van der Waals surface area contributed by atoms with Crippen LogP contribution in [0.2, 0.25) is 0 Å². The predicted octanol–water partition coefficient (Wildman–Crippen LogP) is 2.22. The highest BCUT2D eigenvalue weighted by atomic mass is 16.5. The zero-order valence-electron chi connectivity index (χ0n) is 16.6. The highest BCUT2D eigenvalue weighted by molar-refractivity contribution is 5.88. The molecule has 0 heterocycles. The van der Waals surface area contributed by atoms with Crippen LogP contribution in [-0.2, 0) is 16.1 Å². The van der Waals surface area contributed by atoms with Crippen LogP contribution in [0.15, 0.2) is 43.0 Å². The molecule has 1 unspecified atom stereocenters. The maximum absolute atomic E-state index is 13.0. The van der Waals surface area contributed by atoms with E-state index in [9.17, 15) is 14.4 Å². The zero-order chi connectivity index (χ0) is 21.1. The molecule has 4 amide bonds. The molecule has 28 heavy (non-hydrogen) atoms. The van der Waals surface area contributed by atoms with Gasteiger partial charge in [0.1, 0.15) is 0 Å². The van der Waals surface area contributed by atoms with Gasteiger partial charge in [0.05, 0.1) is 18.4 Å². The van der Waals surface area contributed by atoms with Crippen molar-refractivity contribution in [1.82, 2.24) is 21.2 Å². The average Bonchev–Trinajstić information content (AvgIpc) is 2.69. The summed E-state index contributed by atoms with van der Waals surface area (Å²) >= 11 is 0. The molecule has 4 N–H and O–H groups in total. The average molecular weight is 390 g/mol. The predicted molar refractivity (Wildman–Crippen MR) is 106 cm³/mol. The minimum atomic E-state index is -0.798. The van der Waals surface area contributed by atoms with Crippen molar-refractivity contribution >= 4 is 17.8 Å². The molecule has 0 fully saturated rings. The Hall–Kier alpha value is -2.87. The number of hydrogen-bond acceptors (Lipinski definition) is 4. The molecule has 0 aromatic heterocycles. The van der Waals surface area contributed by atoms with Crippen molar-refractivity contribution in [2.75, 3.05) is 7.05 Å². The molecule has 1 aromatic carbocycles. The Morgan fingerprint density at radius 3 is 2.29 bits per heavy atom. The van der Waals surface area contributed by atoms with Crippen molar-refractivity contribution in [3.8, 4) is 0 Å². The van der Waals surface area contributed by atoms with Gasteiger partial charge in [-0.3, -0.25) is 20.2 Å². The van der Waals surface area contributed by atoms with Crippen molar-refractivity contribution in [3.05, 3.63) is 48.6 Å². The molecule has 0 saturated carbocycles. The van der Waals surface area contributed by atoms with Crippen molar-refractivity contribution in [2.24, 2.45) is 17.8 Å². The summed E-state index contributed by atoms with van der Waals surface area (Å²) in [6.45, 7) is 7.66. The van der Waals surface area contributed by atoms with Gasteiger partial charge in [-0.2, -0.15) is 0 Å². The number of urea groups is 1. The SMILES string of the molecule is C=CCC(C(=O)NO)[C@@H](CC(C)C)C(=O)NN(Cc1ccccc1)C(=O)NC. The number of benzene rings is 1. The third kappa shape index (κ3) is 7.03. The smallest absolute Gasteiger partial charge is 0.336 e. The quantitative estimate of drug-likeness (QED) is 0.294. The maximum Gasteiger partial charge on any atom is 0.336 e. The van der Waals surface area contributed by atoms with E-state index in [1.165, 1.54) is 18.1 Å². The largest absolute Gasteiger partial charge is 0.340 e. The van der Waals surface area contributed by atoms with E-state index < -0.39 is 29.7 Å². The topological polar surface area (TPSA) is 111 Å². The Balaban J connectivity index is 3.07. The summed E-state index contributed by atoms with van der Waals surface area (Å²) in [6.07, 6.45) is 2.15. The fourth-order valence-corrected chi connectivity index (χ4v) is 2.96. The molecule has 0 saturated heterocycles. The lowest BCUT2D eigenvalue weighted by atomic mass is 9.82. The summed E-state index contributed by atoms with van der Waals surface area (Å²) in [5, 5.41) is 12.7. The van der Waals surface area contributed by atoms with Gasteiger partial charge in [-0.25, -0.2) is 15.3 Å². The minimum absolute atomic E-state index is 0.122. The molecule has 0 aliphatic heterocycles. The third-order valence-electron chi connectivity index (χ3n) is 4.30. The van der Waals surface area contributed by atoms with Crippen LogP contribution in [0.1, 0.15) is 32.3 Å². The van der Waals surface area contributed by atoms with Gasteiger partial charge >= 0.3 is 6.03 Å². The van der Waals surface area contributed by atoms with Gasteiger partial charge in [-0.15, -0.1) is 6.58 Å². The molecule has 1 aromatic rings. The first-order valence-corrected chi connectivity index (χ1v) is 9.22. The molecule has 0 spiro atoms. The summed E-state index contributed by atoms with van der Waals surface area (Å²) in [5.74, 6) is -2.54. The lowest BCUT2D eigenvalue weighted by Crippen LogP contribution is -2.53. The van der Waals surface area contributed by atoms with Gasteiger partial charge in [0.2, 0.25) is 11.8 Å². The number of hydroxylamine groups is 1. The number of hydrazine groups is 1. The molecule has 0 bridgehead atoms. The van der Waals surface area contributed by atoms with E-state index in [0.29, 0.717) is 6.42 Å². The fourth-order valence-electron chi connectivity index (χ4n) is 2.96. The lowest BCUT2D eigenvalue weighted by molar-refractivity contribution is -0.142. The number of hydrogen-bond donors (Lipinski definition) is 4. The Morgan fingerprint density at radius 1 is 1.14 bits per heavy atom. The monoisotopic (exact) mass is 390 g/mol. The van der Waals surface area contributed by atoms with Gasteiger partial charge in [0.15, 0.2) is 0 Å². The van der Waals surface area contributed by atoms with Crippen LogP contribution in [-0.4, -0.2) is 35.1 Å². The summed E-state index contributed by atoms with van der Waals surface area (Å²) in [4.78, 5) is 37.4. The number of carbonyl (C=O) groups is 3. The normalized spacial score (nSPS) is 12.6. The molecule has 0 radical (unpaired) electrons. The Bertz CT molecular complexity index is 663. The van der Waals surface area contributed by atoms with Crippen molar-refractivity contribution in [2.45, 2.75) is 33.2 Å². The van der Waals surface area contributed by atoms with E-state index in [4.69, 9.17) is 5.21 Å². The van der Waals surface area contributed by atoms with Crippen LogP contribution >= 0.6 is 0 Å². The molecular weight excluding hydrogens is 360 g/mol. The van der Waals surface area contributed by atoms with Crippen LogP contribution < -0.4 is 16.2 Å². The highest BCUT2D eigenvalue weighted by Crippen LogP contribution is 2.25. The maximum atomic E-state index is 13.0. The summed E-state index contributed by atoms with van der Waals surface area (Å²) in [5.41, 5.74) is 5.09. The van der Waals surface area contributed by atoms with Gasteiger partial charge in [-0.1, -0.05) is 50.3 Å². The Labute approximate surface area is 165 Å². The Morgan fingerprint density at radius 2 is 1.79 bits per heavy atom. The first kappa shape index (κ1) is 23.2. The van der Waals surface area contributed by atoms with Crippen molar-refractivity contribution in [1.29, 1.82) is 0 Å². The molecule has 8 heteroatoms. The number of amides is 4. The van der Waals surface area contributed by atoms with Gasteiger partial charge in [0.25, 0.3) is 0 Å². The zero-order valence-corrected chi connectivity index (χ0v) is 16.6. The third-order valence-corrected chi connectivity index (χ3v) is 4.30. The number of rotatable bonds is 9. The highest BCUT2D eigenvalue weighted by Gasteiger charge is 2.34. The molecule has 0 aliphatic rings. The second kappa shape index (κ2) is 11.8. The van der Waals surface area contributed by atoms with Gasteiger partial charge in [-0.05, 0) is 24.3 Å². The lowest BCUT2D eigenvalue weighted by Gasteiger charge is -2.29. The van der Waals surface area contributed by atoms with E-state index >= 15 is 0 Å². The molecule has 154 valence electrons. The van der Waals surface area contributed by atoms with Gasteiger partial charge in [0, 0.05) is 7.05 Å². The first-order chi connectivity index (χ1) is 13.3. The van der Waals surface area contributed by atoms with E-state index in [1.54, 1.807) is 5.48 Å². The standard InChI is InChI=1S/C20H30N4O4/c1-5-9-16(19(26)23-28)17(12-14(2)3)18(25)22-24(20(27)21-4)13-15-10-7-6-8-11-15/h5-8,10-11,14,16-17,28H,1,9,12-13H2,2-4H3,(H,21,27)(H,22,25)(H,23,26)/t16?,17-/m1/s1. The van der Waals surface area contributed by atoms with E-state index in [0.717, 1.165) is 5.56 Å². The van der Waals surface area contributed by atoms with Crippen LogP contribution in [0.25, 0.3) is 0 Å². The van der Waals surface area contributed by atoms with Crippen LogP contribution in [0.3, 0.4) is 0 Å². The number of nitrogens with one attached hydrogen (secondary N) is 3. The molecule has 0 aliphatic carbocycles. The van der Waals surface area contributed by atoms with Gasteiger partial charge < -0.3 is 5.32 Å². The molecule has 8 nitrogen and oxygen atoms in total. The molecular formula is C20H30N4O4. The first-order valence-electron chi connectivity index (χ1n) is 9.22. The van der Waals surface area contributed by atoms with Crippen LogP contribution in [0.5, 0.6) is 0 Å². The van der Waals surface area contributed by atoms with Crippen LogP contribution in [0, 0.1) is 17.8 Å². The van der Waals surface area contributed by atoms with E-state index in [2.05, 4.69) is 17.3 Å². The van der Waals surface area contributed by atoms with E-state index in [-0.39, 0.29) is 18.9 Å².